The van der Waals surface area contributed by atoms with Crippen LogP contribution in [0, 0.1) is 18.3 Å². The van der Waals surface area contributed by atoms with E-state index in [0.29, 0.717) is 30.8 Å². The number of sulfonamides is 1. The van der Waals surface area contributed by atoms with Gasteiger partial charge in [0.05, 0.1) is 22.6 Å². The van der Waals surface area contributed by atoms with Crippen molar-refractivity contribution in [2.24, 2.45) is 0 Å². The van der Waals surface area contributed by atoms with Crippen LogP contribution in [0.5, 0.6) is 0 Å². The molecule has 2 heterocycles. The molecule has 0 amide bonds. The molecule has 0 bridgehead atoms. The number of aryl methyl sites for hydroxylation is 1. The van der Waals surface area contributed by atoms with Crippen molar-refractivity contribution < 1.29 is 8.42 Å². The maximum absolute atomic E-state index is 13.2. The molecule has 1 aliphatic rings. The summed E-state index contributed by atoms with van der Waals surface area (Å²) in [4.78, 5) is 4.29. The lowest BCUT2D eigenvalue weighted by molar-refractivity contribution is 0.271. The predicted octanol–water partition coefficient (Wildman–Crippen LogP) is 1.60. The molecule has 7 heteroatoms. The second-order valence-electron chi connectivity index (χ2n) is 5.71. The Morgan fingerprint density at radius 3 is 2.92 bits per heavy atom. The van der Waals surface area contributed by atoms with Crippen LogP contribution >= 0.6 is 0 Å². The zero-order valence-electron chi connectivity index (χ0n) is 13.3. The standard InChI is InChI=1S/C17H18N4O2S/c1-13-4-5-14(10-18)9-17(13)24(22,23)21-8-7-20-12-16(21)15-3-2-6-19-11-15/h2-6,9,11,16,20H,7-8,12H2,1H3. The van der Waals surface area contributed by atoms with Gasteiger partial charge in [-0.3, -0.25) is 4.98 Å². The molecular formula is C17H18N4O2S. The first-order chi connectivity index (χ1) is 11.5. The van der Waals surface area contributed by atoms with Gasteiger partial charge in [0.25, 0.3) is 0 Å². The van der Waals surface area contributed by atoms with Crippen LogP contribution < -0.4 is 5.32 Å². The minimum atomic E-state index is -3.71. The minimum Gasteiger partial charge on any atom is -0.313 e. The van der Waals surface area contributed by atoms with Crippen LogP contribution in [0.15, 0.2) is 47.6 Å². The smallest absolute Gasteiger partial charge is 0.244 e. The van der Waals surface area contributed by atoms with Crippen LogP contribution in [-0.2, 0) is 10.0 Å². The molecule has 0 saturated carbocycles. The highest BCUT2D eigenvalue weighted by molar-refractivity contribution is 7.89. The lowest BCUT2D eigenvalue weighted by Gasteiger charge is -2.35. The van der Waals surface area contributed by atoms with E-state index in [1.807, 2.05) is 12.1 Å². The normalized spacial score (nSPS) is 18.9. The third-order valence-electron chi connectivity index (χ3n) is 4.17. The number of benzene rings is 1. The van der Waals surface area contributed by atoms with Crippen molar-refractivity contribution in [2.45, 2.75) is 17.9 Å². The number of nitrogens with one attached hydrogen (secondary N) is 1. The molecule has 1 aromatic carbocycles. The molecule has 0 spiro atoms. The first kappa shape index (κ1) is 16.6. The topological polar surface area (TPSA) is 86.1 Å². The summed E-state index contributed by atoms with van der Waals surface area (Å²) in [6, 6.07) is 10.1. The molecule has 1 saturated heterocycles. The van der Waals surface area contributed by atoms with Crippen molar-refractivity contribution in [1.82, 2.24) is 14.6 Å². The fraction of sp³-hybridized carbons (Fsp3) is 0.294. The van der Waals surface area contributed by atoms with Gasteiger partial charge in [0, 0.05) is 32.0 Å². The van der Waals surface area contributed by atoms with Crippen LogP contribution in [-0.4, -0.2) is 37.3 Å². The maximum atomic E-state index is 13.2. The predicted molar refractivity (Wildman–Crippen MR) is 89.6 cm³/mol. The van der Waals surface area contributed by atoms with Gasteiger partial charge < -0.3 is 5.32 Å². The third-order valence-corrected chi connectivity index (χ3v) is 6.22. The van der Waals surface area contributed by atoms with Gasteiger partial charge in [-0.05, 0) is 36.2 Å². The van der Waals surface area contributed by atoms with E-state index in [1.165, 1.54) is 10.4 Å². The van der Waals surface area contributed by atoms with E-state index >= 15 is 0 Å². The van der Waals surface area contributed by atoms with E-state index in [1.54, 1.807) is 37.5 Å². The molecule has 1 unspecified atom stereocenters. The van der Waals surface area contributed by atoms with E-state index in [0.717, 1.165) is 5.56 Å². The molecule has 0 aliphatic carbocycles. The lowest BCUT2D eigenvalue weighted by atomic mass is 10.1. The number of rotatable bonds is 3. The highest BCUT2D eigenvalue weighted by Gasteiger charge is 2.35. The molecule has 24 heavy (non-hydrogen) atoms. The summed E-state index contributed by atoms with van der Waals surface area (Å²) >= 11 is 0. The molecule has 3 rings (SSSR count). The molecule has 1 N–H and O–H groups in total. The summed E-state index contributed by atoms with van der Waals surface area (Å²) < 4.78 is 28.0. The third kappa shape index (κ3) is 3.04. The fourth-order valence-electron chi connectivity index (χ4n) is 2.90. The van der Waals surface area contributed by atoms with Crippen LogP contribution in [0.2, 0.25) is 0 Å². The van der Waals surface area contributed by atoms with Crippen molar-refractivity contribution in [2.75, 3.05) is 19.6 Å². The number of piperazine rings is 1. The summed E-state index contributed by atoms with van der Waals surface area (Å²) in [5.41, 5.74) is 1.83. The van der Waals surface area contributed by atoms with Crippen LogP contribution in [0.3, 0.4) is 0 Å². The van der Waals surface area contributed by atoms with Crippen molar-refractivity contribution in [3.05, 3.63) is 59.4 Å². The van der Waals surface area contributed by atoms with Gasteiger partial charge >= 0.3 is 0 Å². The molecule has 1 aliphatic heterocycles. The van der Waals surface area contributed by atoms with Crippen molar-refractivity contribution >= 4 is 10.0 Å². The quantitative estimate of drug-likeness (QED) is 0.915. The zero-order chi connectivity index (χ0) is 17.2. The minimum absolute atomic E-state index is 0.192. The number of aromatic nitrogens is 1. The Bertz CT molecular complexity index is 875. The second kappa shape index (κ2) is 6.69. The van der Waals surface area contributed by atoms with E-state index in [9.17, 15) is 8.42 Å². The molecule has 6 nitrogen and oxygen atoms in total. The number of pyridine rings is 1. The molecular weight excluding hydrogens is 324 g/mol. The van der Waals surface area contributed by atoms with Crippen molar-refractivity contribution in [3.8, 4) is 6.07 Å². The molecule has 2 aromatic rings. The zero-order valence-corrected chi connectivity index (χ0v) is 14.1. The van der Waals surface area contributed by atoms with Gasteiger partial charge in [0.1, 0.15) is 0 Å². The number of nitriles is 1. The Labute approximate surface area is 141 Å². The van der Waals surface area contributed by atoms with E-state index in [4.69, 9.17) is 5.26 Å². The lowest BCUT2D eigenvalue weighted by Crippen LogP contribution is -2.48. The summed E-state index contributed by atoms with van der Waals surface area (Å²) in [5, 5.41) is 12.3. The Morgan fingerprint density at radius 1 is 1.38 bits per heavy atom. The van der Waals surface area contributed by atoms with Crippen molar-refractivity contribution in [1.29, 1.82) is 5.26 Å². The average Bonchev–Trinajstić information content (AvgIpc) is 2.63. The number of nitrogens with zero attached hydrogens (tertiary/aromatic N) is 3. The Hall–Kier alpha value is -2.27. The van der Waals surface area contributed by atoms with Gasteiger partial charge in [-0.15, -0.1) is 0 Å². The second-order valence-corrected chi connectivity index (χ2v) is 7.57. The van der Waals surface area contributed by atoms with Gasteiger partial charge in [0.15, 0.2) is 0 Å². The van der Waals surface area contributed by atoms with Gasteiger partial charge in [-0.2, -0.15) is 9.57 Å². The fourth-order valence-corrected chi connectivity index (χ4v) is 4.77. The molecule has 0 radical (unpaired) electrons. The average molecular weight is 342 g/mol. The first-order valence-corrected chi connectivity index (χ1v) is 9.11. The van der Waals surface area contributed by atoms with Gasteiger partial charge in [-0.1, -0.05) is 12.1 Å². The first-order valence-electron chi connectivity index (χ1n) is 7.67. The van der Waals surface area contributed by atoms with E-state index in [-0.39, 0.29) is 10.9 Å². The Balaban J connectivity index is 2.06. The van der Waals surface area contributed by atoms with Crippen molar-refractivity contribution in [3.63, 3.8) is 0 Å². The largest absolute Gasteiger partial charge is 0.313 e. The van der Waals surface area contributed by atoms with Gasteiger partial charge in [-0.25, -0.2) is 8.42 Å². The van der Waals surface area contributed by atoms with E-state index in [2.05, 4.69) is 10.3 Å². The maximum Gasteiger partial charge on any atom is 0.244 e. The summed E-state index contributed by atoms with van der Waals surface area (Å²) in [5.74, 6) is 0. The summed E-state index contributed by atoms with van der Waals surface area (Å²) in [6.07, 6.45) is 3.36. The van der Waals surface area contributed by atoms with E-state index < -0.39 is 10.0 Å². The summed E-state index contributed by atoms with van der Waals surface area (Å²) in [7, 11) is -3.71. The molecule has 1 fully saturated rings. The molecule has 1 aromatic heterocycles. The highest BCUT2D eigenvalue weighted by Crippen LogP contribution is 2.30. The molecule has 1 atom stereocenters. The number of hydrogen-bond donors (Lipinski definition) is 1. The Kier molecular flexibility index (Phi) is 4.62. The molecule has 124 valence electrons. The van der Waals surface area contributed by atoms with Gasteiger partial charge in [0.2, 0.25) is 10.0 Å². The Morgan fingerprint density at radius 2 is 2.21 bits per heavy atom. The highest BCUT2D eigenvalue weighted by atomic mass is 32.2. The van der Waals surface area contributed by atoms with Crippen LogP contribution in [0.1, 0.15) is 22.7 Å². The summed E-state index contributed by atoms with van der Waals surface area (Å²) in [6.45, 7) is 3.24. The number of hydrogen-bond acceptors (Lipinski definition) is 5. The van der Waals surface area contributed by atoms with Crippen LogP contribution in [0.25, 0.3) is 0 Å². The monoisotopic (exact) mass is 342 g/mol. The van der Waals surface area contributed by atoms with Crippen LogP contribution in [0.4, 0.5) is 0 Å². The SMILES string of the molecule is Cc1ccc(C#N)cc1S(=O)(=O)N1CCNCC1c1cccnc1.